The molecule has 11 heavy (non-hydrogen) atoms. The van der Waals surface area contributed by atoms with E-state index in [0.29, 0.717) is 0 Å². The number of rotatable bonds is 1. The molecule has 0 aromatic rings. The van der Waals surface area contributed by atoms with Crippen molar-refractivity contribution >= 4 is 7.12 Å². The molecule has 1 unspecified atom stereocenters. The second-order valence-corrected chi connectivity index (χ2v) is 2.39. The molecule has 60 valence electrons. The van der Waals surface area contributed by atoms with Crippen molar-refractivity contribution < 1.29 is 18.8 Å². The van der Waals surface area contributed by atoms with E-state index in [1.54, 1.807) is 0 Å². The third-order valence-corrected chi connectivity index (χ3v) is 1.55. The number of allylic oxidation sites excluding steroid dienone is 4. The van der Waals surface area contributed by atoms with Gasteiger partial charge >= 0.3 is 7.12 Å². The Labute approximate surface area is 63.0 Å². The van der Waals surface area contributed by atoms with E-state index in [4.69, 9.17) is 10.0 Å². The van der Waals surface area contributed by atoms with E-state index in [1.165, 1.54) is 0 Å². The van der Waals surface area contributed by atoms with Gasteiger partial charge in [0.15, 0.2) is 0 Å². The smallest absolute Gasteiger partial charge is 0.427 e. The fraction of sp³-hybridized carbons (Fsp3) is 0.333. The topological polar surface area (TPSA) is 40.5 Å². The predicted molar refractivity (Wildman–Crippen MR) is 36.9 cm³/mol. The maximum Gasteiger partial charge on any atom is 0.462 e. The van der Waals surface area contributed by atoms with Crippen LogP contribution in [0, 0.1) is 0 Å². The van der Waals surface area contributed by atoms with E-state index in [9.17, 15) is 8.78 Å². The minimum absolute atomic E-state index is 0.278. The third kappa shape index (κ3) is 1.88. The SMILES string of the molecule is OB(O)C1CC(F)=CC=C1F. The molecule has 0 bridgehead atoms. The Balaban J connectivity index is 2.73. The first kappa shape index (κ1) is 8.42. The highest BCUT2D eigenvalue weighted by atomic mass is 19.1. The Bertz CT molecular complexity index is 213. The van der Waals surface area contributed by atoms with Crippen molar-refractivity contribution in [1.29, 1.82) is 0 Å². The number of hydrogen-bond donors (Lipinski definition) is 2. The van der Waals surface area contributed by atoms with Gasteiger partial charge in [-0.25, -0.2) is 8.78 Å². The Hall–Kier alpha value is -0.675. The molecule has 2 N–H and O–H groups in total. The lowest BCUT2D eigenvalue weighted by Gasteiger charge is -2.14. The number of hydrogen-bond acceptors (Lipinski definition) is 2. The van der Waals surface area contributed by atoms with Crippen LogP contribution in [0.4, 0.5) is 8.78 Å². The first-order valence-corrected chi connectivity index (χ1v) is 3.19. The van der Waals surface area contributed by atoms with Gasteiger partial charge in [0, 0.05) is 6.42 Å². The minimum Gasteiger partial charge on any atom is -0.427 e. The lowest BCUT2D eigenvalue weighted by atomic mass is 9.68. The molecule has 0 saturated carbocycles. The van der Waals surface area contributed by atoms with Gasteiger partial charge in [0.2, 0.25) is 0 Å². The summed E-state index contributed by atoms with van der Waals surface area (Å²) in [6.45, 7) is 0. The van der Waals surface area contributed by atoms with E-state index >= 15 is 0 Å². The summed E-state index contributed by atoms with van der Waals surface area (Å²) in [5.74, 6) is -2.37. The van der Waals surface area contributed by atoms with Crippen LogP contribution in [0.1, 0.15) is 6.42 Å². The standard InChI is InChI=1S/C6H7BF2O2/c8-4-1-2-6(9)5(3-4)7(10)11/h1-2,5,10-11H,3H2. The molecule has 0 radical (unpaired) electrons. The van der Waals surface area contributed by atoms with E-state index < -0.39 is 24.6 Å². The summed E-state index contributed by atoms with van der Waals surface area (Å²) in [5, 5.41) is 17.1. The Kier molecular flexibility index (Phi) is 2.41. The van der Waals surface area contributed by atoms with Gasteiger partial charge in [-0.05, 0) is 12.2 Å². The molecule has 0 amide bonds. The van der Waals surface area contributed by atoms with Crippen molar-refractivity contribution in [2.75, 3.05) is 0 Å². The molecule has 0 aromatic carbocycles. The van der Waals surface area contributed by atoms with Crippen LogP contribution in [-0.4, -0.2) is 17.2 Å². The summed E-state index contributed by atoms with van der Waals surface area (Å²) in [5.41, 5.74) is 0. The molecule has 0 heterocycles. The molecule has 0 aromatic heterocycles. The monoisotopic (exact) mass is 160 g/mol. The maximum absolute atomic E-state index is 12.6. The van der Waals surface area contributed by atoms with Crippen molar-refractivity contribution in [3.63, 3.8) is 0 Å². The van der Waals surface area contributed by atoms with Crippen LogP contribution in [0.3, 0.4) is 0 Å². The fourth-order valence-corrected chi connectivity index (χ4v) is 0.917. The highest BCUT2D eigenvalue weighted by Gasteiger charge is 2.30. The van der Waals surface area contributed by atoms with Gasteiger partial charge in [0.25, 0.3) is 0 Å². The Morgan fingerprint density at radius 2 is 2.00 bits per heavy atom. The molecule has 2 nitrogen and oxygen atoms in total. The zero-order chi connectivity index (χ0) is 8.43. The summed E-state index contributed by atoms with van der Waals surface area (Å²) >= 11 is 0. The average Bonchev–Trinajstić information content (AvgIpc) is 1.94. The van der Waals surface area contributed by atoms with Crippen molar-refractivity contribution in [3.8, 4) is 0 Å². The van der Waals surface area contributed by atoms with Gasteiger partial charge in [-0.1, -0.05) is 0 Å². The lowest BCUT2D eigenvalue weighted by molar-refractivity contribution is 0.370. The number of halogens is 2. The quantitative estimate of drug-likeness (QED) is 0.560. The summed E-state index contributed by atoms with van der Waals surface area (Å²) in [6.07, 6.45) is 1.61. The first-order valence-electron chi connectivity index (χ1n) is 3.19. The van der Waals surface area contributed by atoms with Crippen LogP contribution in [0.25, 0.3) is 0 Å². The van der Waals surface area contributed by atoms with E-state index in [-0.39, 0.29) is 6.42 Å². The van der Waals surface area contributed by atoms with Gasteiger partial charge in [-0.3, -0.25) is 0 Å². The van der Waals surface area contributed by atoms with Crippen molar-refractivity contribution in [2.45, 2.75) is 12.2 Å². The molecule has 1 aliphatic carbocycles. The van der Waals surface area contributed by atoms with Gasteiger partial charge in [-0.2, -0.15) is 0 Å². The summed E-state index contributed by atoms with van der Waals surface area (Å²) in [6, 6.07) is 0. The van der Waals surface area contributed by atoms with Crippen LogP contribution >= 0.6 is 0 Å². The largest absolute Gasteiger partial charge is 0.462 e. The van der Waals surface area contributed by atoms with Crippen molar-refractivity contribution in [1.82, 2.24) is 0 Å². The third-order valence-electron chi connectivity index (χ3n) is 1.55. The second-order valence-electron chi connectivity index (χ2n) is 2.39. The molecule has 1 atom stereocenters. The first-order chi connectivity index (χ1) is 5.11. The molecule has 5 heteroatoms. The predicted octanol–water partition coefficient (Wildman–Crippen LogP) is 0.940. The maximum atomic E-state index is 12.6. The van der Waals surface area contributed by atoms with E-state index in [1.807, 2.05) is 0 Å². The van der Waals surface area contributed by atoms with Gasteiger partial charge in [0.05, 0.1) is 5.82 Å². The van der Waals surface area contributed by atoms with Gasteiger partial charge in [0.1, 0.15) is 11.7 Å². The van der Waals surface area contributed by atoms with Crippen LogP contribution in [0.5, 0.6) is 0 Å². The molecule has 0 spiro atoms. The highest BCUT2D eigenvalue weighted by Crippen LogP contribution is 2.32. The second kappa shape index (κ2) is 3.15. The lowest BCUT2D eigenvalue weighted by Crippen LogP contribution is -2.22. The molecule has 0 saturated heterocycles. The van der Waals surface area contributed by atoms with Crippen LogP contribution in [0.15, 0.2) is 23.8 Å². The molecule has 1 rings (SSSR count). The molecule has 0 aliphatic heterocycles. The molecular formula is C6H7BF2O2. The highest BCUT2D eigenvalue weighted by molar-refractivity contribution is 6.44. The zero-order valence-corrected chi connectivity index (χ0v) is 5.67. The van der Waals surface area contributed by atoms with Gasteiger partial charge in [-0.15, -0.1) is 0 Å². The van der Waals surface area contributed by atoms with Crippen LogP contribution in [0.2, 0.25) is 5.82 Å². The van der Waals surface area contributed by atoms with Crippen molar-refractivity contribution in [3.05, 3.63) is 23.8 Å². The molecular weight excluding hydrogens is 153 g/mol. The van der Waals surface area contributed by atoms with Gasteiger partial charge < -0.3 is 10.0 Å². The Morgan fingerprint density at radius 1 is 1.36 bits per heavy atom. The summed E-state index contributed by atoms with van der Waals surface area (Å²) < 4.78 is 25.0. The van der Waals surface area contributed by atoms with E-state index in [0.717, 1.165) is 12.2 Å². The van der Waals surface area contributed by atoms with Crippen molar-refractivity contribution in [2.24, 2.45) is 0 Å². The Morgan fingerprint density at radius 3 is 2.45 bits per heavy atom. The molecule has 0 fully saturated rings. The van der Waals surface area contributed by atoms with E-state index in [2.05, 4.69) is 0 Å². The zero-order valence-electron chi connectivity index (χ0n) is 5.67. The van der Waals surface area contributed by atoms with Crippen LogP contribution < -0.4 is 0 Å². The molecule has 1 aliphatic rings. The van der Waals surface area contributed by atoms with Crippen LogP contribution in [-0.2, 0) is 0 Å². The summed E-state index contributed by atoms with van der Waals surface area (Å²) in [7, 11) is -1.83. The normalized spacial score (nSPS) is 24.2. The average molecular weight is 160 g/mol. The summed E-state index contributed by atoms with van der Waals surface area (Å²) in [4.78, 5) is 0. The minimum atomic E-state index is -1.83. The fourth-order valence-electron chi connectivity index (χ4n) is 0.917.